The number of para-hydroxylation sites is 1. The SMILES string of the molecule is CCNC(=NCCc1cccc2cccnc12)Nc1ccc(OCC)c(OC)c1.I. The fourth-order valence-corrected chi connectivity index (χ4v) is 3.12. The molecule has 0 spiro atoms. The number of fused-ring (bicyclic) bond motifs is 1. The number of benzene rings is 2. The maximum atomic E-state index is 5.58. The lowest BCUT2D eigenvalue weighted by molar-refractivity contribution is 0.311. The van der Waals surface area contributed by atoms with Crippen molar-refractivity contribution in [3.63, 3.8) is 0 Å². The normalized spacial score (nSPS) is 11.0. The van der Waals surface area contributed by atoms with E-state index in [0.717, 1.165) is 41.3 Å². The Balaban J connectivity index is 0.00000320. The highest BCUT2D eigenvalue weighted by Crippen LogP contribution is 2.30. The minimum absolute atomic E-state index is 0. The largest absolute Gasteiger partial charge is 0.493 e. The summed E-state index contributed by atoms with van der Waals surface area (Å²) in [5.41, 5.74) is 3.13. The second-order valence-corrected chi connectivity index (χ2v) is 6.43. The fourth-order valence-electron chi connectivity index (χ4n) is 3.12. The molecule has 1 aromatic heterocycles. The second-order valence-electron chi connectivity index (χ2n) is 6.43. The van der Waals surface area contributed by atoms with E-state index >= 15 is 0 Å². The molecule has 0 aliphatic heterocycles. The summed E-state index contributed by atoms with van der Waals surface area (Å²) in [6, 6.07) is 16.1. The monoisotopic (exact) mass is 520 g/mol. The quantitative estimate of drug-likeness (QED) is 0.252. The molecular formula is C23H29IN4O2. The van der Waals surface area contributed by atoms with Gasteiger partial charge in [-0.2, -0.15) is 0 Å². The Hall–Kier alpha value is -2.55. The highest BCUT2D eigenvalue weighted by Gasteiger charge is 2.07. The highest BCUT2D eigenvalue weighted by atomic mass is 127. The van der Waals surface area contributed by atoms with Crippen LogP contribution in [0.3, 0.4) is 0 Å². The van der Waals surface area contributed by atoms with Crippen LogP contribution in [0, 0.1) is 0 Å². The van der Waals surface area contributed by atoms with Crippen LogP contribution in [0.4, 0.5) is 5.69 Å². The topological polar surface area (TPSA) is 67.8 Å². The van der Waals surface area contributed by atoms with Gasteiger partial charge in [-0.25, -0.2) is 0 Å². The molecule has 0 aliphatic carbocycles. The predicted molar refractivity (Wildman–Crippen MR) is 135 cm³/mol. The van der Waals surface area contributed by atoms with Gasteiger partial charge in [-0.15, -0.1) is 24.0 Å². The molecule has 2 N–H and O–H groups in total. The van der Waals surface area contributed by atoms with Gasteiger partial charge in [-0.1, -0.05) is 24.3 Å². The Morgan fingerprint density at radius 1 is 1.07 bits per heavy atom. The average molecular weight is 520 g/mol. The number of methoxy groups -OCH3 is 1. The molecule has 2 aromatic carbocycles. The van der Waals surface area contributed by atoms with Gasteiger partial charge in [0.05, 0.1) is 19.2 Å². The standard InChI is InChI=1S/C23H28N4O2.HI/c1-4-24-23(27-19-11-12-20(29-5-2)21(16-19)28-3)26-15-13-18-9-6-8-17-10-7-14-25-22(17)18;/h6-12,14,16H,4-5,13,15H2,1-3H3,(H2,24,26,27);1H. The number of pyridine rings is 1. The summed E-state index contributed by atoms with van der Waals surface area (Å²) in [6.07, 6.45) is 2.65. The van der Waals surface area contributed by atoms with E-state index in [2.05, 4.69) is 39.9 Å². The predicted octanol–water partition coefficient (Wildman–Crippen LogP) is 4.88. The number of guanidine groups is 1. The maximum absolute atomic E-state index is 5.58. The van der Waals surface area contributed by atoms with Gasteiger partial charge in [0.1, 0.15) is 0 Å². The van der Waals surface area contributed by atoms with Crippen molar-refractivity contribution in [2.24, 2.45) is 4.99 Å². The van der Waals surface area contributed by atoms with Crippen molar-refractivity contribution in [1.82, 2.24) is 10.3 Å². The minimum Gasteiger partial charge on any atom is -0.493 e. The molecule has 0 aliphatic rings. The molecular weight excluding hydrogens is 491 g/mol. The van der Waals surface area contributed by atoms with E-state index in [0.29, 0.717) is 18.9 Å². The third-order valence-corrected chi connectivity index (χ3v) is 4.44. The Morgan fingerprint density at radius 3 is 2.67 bits per heavy atom. The number of nitrogens with zero attached hydrogens (tertiary/aromatic N) is 2. The summed E-state index contributed by atoms with van der Waals surface area (Å²) in [7, 11) is 1.64. The van der Waals surface area contributed by atoms with Crippen molar-refractivity contribution in [3.05, 3.63) is 60.3 Å². The minimum atomic E-state index is 0. The number of aliphatic imine (C=N–C) groups is 1. The molecule has 0 atom stereocenters. The van der Waals surface area contributed by atoms with Gasteiger partial charge in [0, 0.05) is 36.4 Å². The van der Waals surface area contributed by atoms with E-state index in [1.807, 2.05) is 44.3 Å². The summed E-state index contributed by atoms with van der Waals surface area (Å²) in [5.74, 6) is 2.15. The first-order valence-corrected chi connectivity index (χ1v) is 9.94. The number of anilines is 1. The van der Waals surface area contributed by atoms with Crippen molar-refractivity contribution in [2.75, 3.05) is 32.1 Å². The van der Waals surface area contributed by atoms with Gasteiger partial charge in [-0.05, 0) is 44.0 Å². The van der Waals surface area contributed by atoms with Crippen LogP contribution >= 0.6 is 24.0 Å². The molecule has 0 radical (unpaired) electrons. The third-order valence-electron chi connectivity index (χ3n) is 4.44. The average Bonchev–Trinajstić information content (AvgIpc) is 2.75. The number of halogens is 1. The lowest BCUT2D eigenvalue weighted by atomic mass is 10.1. The molecule has 0 fully saturated rings. The molecule has 1 heterocycles. The van der Waals surface area contributed by atoms with E-state index in [-0.39, 0.29) is 24.0 Å². The van der Waals surface area contributed by atoms with E-state index in [1.54, 1.807) is 7.11 Å². The molecule has 0 unspecified atom stereocenters. The van der Waals surface area contributed by atoms with Crippen molar-refractivity contribution in [1.29, 1.82) is 0 Å². The molecule has 7 heteroatoms. The van der Waals surface area contributed by atoms with Crippen LogP contribution in [0.25, 0.3) is 10.9 Å². The van der Waals surface area contributed by atoms with Gasteiger partial charge in [0.25, 0.3) is 0 Å². The van der Waals surface area contributed by atoms with Crippen molar-refractivity contribution in [2.45, 2.75) is 20.3 Å². The molecule has 160 valence electrons. The number of aromatic nitrogens is 1. The summed E-state index contributed by atoms with van der Waals surface area (Å²) >= 11 is 0. The van der Waals surface area contributed by atoms with Crippen LogP contribution in [0.15, 0.2) is 59.7 Å². The van der Waals surface area contributed by atoms with Crippen LogP contribution in [0.5, 0.6) is 11.5 Å². The molecule has 0 saturated heterocycles. The molecule has 3 rings (SSSR count). The highest BCUT2D eigenvalue weighted by molar-refractivity contribution is 14.0. The fraction of sp³-hybridized carbons (Fsp3) is 0.304. The zero-order chi connectivity index (χ0) is 20.5. The lowest BCUT2D eigenvalue weighted by Gasteiger charge is -2.14. The number of rotatable bonds is 8. The molecule has 0 amide bonds. The number of nitrogens with one attached hydrogen (secondary N) is 2. The van der Waals surface area contributed by atoms with E-state index in [4.69, 9.17) is 14.5 Å². The first-order valence-electron chi connectivity index (χ1n) is 9.94. The second kappa shape index (κ2) is 12.2. The Labute approximate surface area is 195 Å². The van der Waals surface area contributed by atoms with Gasteiger partial charge >= 0.3 is 0 Å². The number of hydrogen-bond acceptors (Lipinski definition) is 4. The maximum Gasteiger partial charge on any atom is 0.195 e. The summed E-state index contributed by atoms with van der Waals surface area (Å²) in [6.45, 7) is 6.02. The Bertz CT molecular complexity index is 973. The van der Waals surface area contributed by atoms with Gasteiger partial charge < -0.3 is 20.1 Å². The van der Waals surface area contributed by atoms with Crippen molar-refractivity contribution < 1.29 is 9.47 Å². The summed E-state index contributed by atoms with van der Waals surface area (Å²) in [5, 5.41) is 7.77. The van der Waals surface area contributed by atoms with Crippen LogP contribution < -0.4 is 20.1 Å². The molecule has 0 saturated carbocycles. The van der Waals surface area contributed by atoms with Crippen LogP contribution in [0.2, 0.25) is 0 Å². The zero-order valence-corrected chi connectivity index (χ0v) is 20.0. The molecule has 6 nitrogen and oxygen atoms in total. The smallest absolute Gasteiger partial charge is 0.195 e. The first-order chi connectivity index (χ1) is 14.2. The van der Waals surface area contributed by atoms with E-state index in [9.17, 15) is 0 Å². The third kappa shape index (κ3) is 6.22. The molecule has 3 aromatic rings. The van der Waals surface area contributed by atoms with Crippen molar-refractivity contribution >= 4 is 46.5 Å². The van der Waals surface area contributed by atoms with Crippen LogP contribution in [-0.2, 0) is 6.42 Å². The summed E-state index contributed by atoms with van der Waals surface area (Å²) < 4.78 is 11.0. The Morgan fingerprint density at radius 2 is 1.90 bits per heavy atom. The van der Waals surface area contributed by atoms with Crippen molar-refractivity contribution in [3.8, 4) is 11.5 Å². The van der Waals surface area contributed by atoms with E-state index < -0.39 is 0 Å². The first kappa shape index (κ1) is 23.7. The van der Waals surface area contributed by atoms with Gasteiger partial charge in [-0.3, -0.25) is 9.98 Å². The Kier molecular flexibility index (Phi) is 9.66. The summed E-state index contributed by atoms with van der Waals surface area (Å²) in [4.78, 5) is 9.24. The number of hydrogen-bond donors (Lipinski definition) is 2. The molecule has 30 heavy (non-hydrogen) atoms. The zero-order valence-electron chi connectivity index (χ0n) is 17.6. The van der Waals surface area contributed by atoms with Crippen LogP contribution in [0.1, 0.15) is 19.4 Å². The van der Waals surface area contributed by atoms with Crippen LogP contribution in [-0.4, -0.2) is 37.7 Å². The lowest BCUT2D eigenvalue weighted by Crippen LogP contribution is -2.30. The van der Waals surface area contributed by atoms with E-state index in [1.165, 1.54) is 5.56 Å². The van der Waals surface area contributed by atoms with Gasteiger partial charge in [0.2, 0.25) is 0 Å². The van der Waals surface area contributed by atoms with Gasteiger partial charge in [0.15, 0.2) is 17.5 Å². The number of ether oxygens (including phenoxy) is 2. The molecule has 0 bridgehead atoms.